The van der Waals surface area contributed by atoms with Crippen LogP contribution in [0.4, 0.5) is 4.79 Å². The predicted octanol–water partition coefficient (Wildman–Crippen LogP) is 1.68. The van der Waals surface area contributed by atoms with Gasteiger partial charge in [0.2, 0.25) is 0 Å². The van der Waals surface area contributed by atoms with E-state index in [-0.39, 0.29) is 6.03 Å². The summed E-state index contributed by atoms with van der Waals surface area (Å²) in [7, 11) is 0. The maximum absolute atomic E-state index is 11.8. The van der Waals surface area contributed by atoms with Crippen molar-refractivity contribution in [3.05, 3.63) is 0 Å². The molecular weight excluding hydrogens is 220 g/mol. The summed E-state index contributed by atoms with van der Waals surface area (Å²) >= 11 is 0. The molecule has 0 aromatic heterocycles. The molecular formula is C12H22N2O3. The molecule has 0 spiro atoms. The monoisotopic (exact) mass is 242 g/mol. The van der Waals surface area contributed by atoms with Crippen molar-refractivity contribution < 1.29 is 14.7 Å². The number of unbranched alkanes of at least 4 members (excludes halogenated alkanes) is 2. The predicted molar refractivity (Wildman–Crippen MR) is 64.9 cm³/mol. The largest absolute Gasteiger partial charge is 0.481 e. The zero-order valence-corrected chi connectivity index (χ0v) is 10.4. The topological polar surface area (TPSA) is 69.6 Å². The molecule has 2 amide bonds. The second-order valence-electron chi connectivity index (χ2n) is 4.56. The standard InChI is InChI=1S/C12H22N2O3/c1-2-3-4-7-13-12(17)14-8-5-6-10(9-14)11(15)16/h10H,2-9H2,1H3,(H,13,17)(H,15,16)/t10-/m1/s1. The van der Waals surface area contributed by atoms with E-state index in [4.69, 9.17) is 5.11 Å². The molecule has 5 heteroatoms. The maximum Gasteiger partial charge on any atom is 0.317 e. The van der Waals surface area contributed by atoms with Crippen LogP contribution in [0.3, 0.4) is 0 Å². The fourth-order valence-electron chi connectivity index (χ4n) is 2.05. The Kier molecular flexibility index (Phi) is 5.80. The summed E-state index contributed by atoms with van der Waals surface area (Å²) in [4.78, 5) is 24.2. The Morgan fingerprint density at radius 2 is 2.18 bits per heavy atom. The molecule has 0 saturated carbocycles. The van der Waals surface area contributed by atoms with E-state index in [0.29, 0.717) is 26.1 Å². The molecule has 1 saturated heterocycles. The van der Waals surface area contributed by atoms with E-state index in [1.165, 1.54) is 0 Å². The summed E-state index contributed by atoms with van der Waals surface area (Å²) in [6.07, 6.45) is 4.67. The lowest BCUT2D eigenvalue weighted by Gasteiger charge is -2.30. The number of urea groups is 1. The van der Waals surface area contributed by atoms with Gasteiger partial charge in [0.1, 0.15) is 0 Å². The van der Waals surface area contributed by atoms with Crippen LogP contribution in [-0.2, 0) is 4.79 Å². The molecule has 0 bridgehead atoms. The van der Waals surface area contributed by atoms with Crippen LogP contribution in [0, 0.1) is 5.92 Å². The van der Waals surface area contributed by atoms with Crippen LogP contribution in [0.2, 0.25) is 0 Å². The number of hydrogen-bond acceptors (Lipinski definition) is 2. The molecule has 1 aliphatic heterocycles. The molecule has 2 N–H and O–H groups in total. The Bertz CT molecular complexity index is 268. The average Bonchev–Trinajstić information content (AvgIpc) is 2.34. The first-order valence-corrected chi connectivity index (χ1v) is 6.40. The van der Waals surface area contributed by atoms with Crippen molar-refractivity contribution in [2.45, 2.75) is 39.0 Å². The van der Waals surface area contributed by atoms with Crippen molar-refractivity contribution in [2.24, 2.45) is 5.92 Å². The first kappa shape index (κ1) is 13.8. The molecule has 17 heavy (non-hydrogen) atoms. The minimum atomic E-state index is -0.798. The highest BCUT2D eigenvalue weighted by Gasteiger charge is 2.27. The number of hydrogen-bond donors (Lipinski definition) is 2. The van der Waals surface area contributed by atoms with Gasteiger partial charge in [0.25, 0.3) is 0 Å². The number of carbonyl (C=O) groups excluding carboxylic acids is 1. The fraction of sp³-hybridized carbons (Fsp3) is 0.833. The van der Waals surface area contributed by atoms with Crippen LogP contribution in [0.25, 0.3) is 0 Å². The number of piperidine rings is 1. The lowest BCUT2D eigenvalue weighted by atomic mass is 9.99. The van der Waals surface area contributed by atoms with Crippen LogP contribution in [0.1, 0.15) is 39.0 Å². The molecule has 0 radical (unpaired) electrons. The van der Waals surface area contributed by atoms with Crippen molar-refractivity contribution in [2.75, 3.05) is 19.6 Å². The van der Waals surface area contributed by atoms with Crippen LogP contribution in [0.15, 0.2) is 0 Å². The number of amides is 2. The average molecular weight is 242 g/mol. The molecule has 1 atom stereocenters. The molecule has 0 aromatic carbocycles. The number of carboxylic acids is 1. The molecule has 1 rings (SSSR count). The summed E-state index contributed by atoms with van der Waals surface area (Å²) in [6.45, 7) is 3.81. The third-order valence-corrected chi connectivity index (χ3v) is 3.11. The molecule has 1 heterocycles. The third-order valence-electron chi connectivity index (χ3n) is 3.11. The van der Waals surface area contributed by atoms with Crippen molar-refractivity contribution in [1.29, 1.82) is 0 Å². The summed E-state index contributed by atoms with van der Waals surface area (Å²) in [5.41, 5.74) is 0. The number of carbonyl (C=O) groups is 2. The van der Waals surface area contributed by atoms with Gasteiger partial charge >= 0.3 is 12.0 Å². The Hall–Kier alpha value is -1.26. The summed E-state index contributed by atoms with van der Waals surface area (Å²) < 4.78 is 0. The summed E-state index contributed by atoms with van der Waals surface area (Å²) in [6, 6.07) is -0.118. The molecule has 0 unspecified atom stereocenters. The van der Waals surface area contributed by atoms with Crippen molar-refractivity contribution in [3.63, 3.8) is 0 Å². The molecule has 1 fully saturated rings. The van der Waals surface area contributed by atoms with Gasteiger partial charge in [-0.2, -0.15) is 0 Å². The van der Waals surface area contributed by atoms with E-state index in [0.717, 1.165) is 25.7 Å². The second-order valence-corrected chi connectivity index (χ2v) is 4.56. The van der Waals surface area contributed by atoms with E-state index >= 15 is 0 Å². The van der Waals surface area contributed by atoms with Crippen LogP contribution in [0.5, 0.6) is 0 Å². The summed E-state index contributed by atoms with van der Waals surface area (Å²) in [5, 5.41) is 11.8. The quantitative estimate of drug-likeness (QED) is 0.721. The smallest absolute Gasteiger partial charge is 0.317 e. The van der Waals surface area contributed by atoms with Gasteiger partial charge in [-0.25, -0.2) is 4.79 Å². The van der Waals surface area contributed by atoms with Gasteiger partial charge in [-0.15, -0.1) is 0 Å². The molecule has 98 valence electrons. The Labute approximate surface area is 102 Å². The van der Waals surface area contributed by atoms with Gasteiger partial charge < -0.3 is 15.3 Å². The van der Waals surface area contributed by atoms with Crippen molar-refractivity contribution >= 4 is 12.0 Å². The number of carboxylic acid groups (broad SMARTS) is 1. The normalized spacial score (nSPS) is 20.1. The molecule has 5 nitrogen and oxygen atoms in total. The third kappa shape index (κ3) is 4.63. The number of rotatable bonds is 5. The van der Waals surface area contributed by atoms with Crippen molar-refractivity contribution in [3.8, 4) is 0 Å². The maximum atomic E-state index is 11.8. The van der Waals surface area contributed by atoms with Gasteiger partial charge in [0, 0.05) is 19.6 Å². The number of nitrogens with zero attached hydrogens (tertiary/aromatic N) is 1. The summed E-state index contributed by atoms with van der Waals surface area (Å²) in [5.74, 6) is -1.20. The van der Waals surface area contributed by atoms with E-state index in [9.17, 15) is 9.59 Å². The lowest BCUT2D eigenvalue weighted by molar-refractivity contribution is -0.143. The number of likely N-dealkylation sites (tertiary alicyclic amines) is 1. The minimum absolute atomic E-state index is 0.118. The first-order valence-electron chi connectivity index (χ1n) is 6.40. The minimum Gasteiger partial charge on any atom is -0.481 e. The number of aliphatic carboxylic acids is 1. The highest BCUT2D eigenvalue weighted by Crippen LogP contribution is 2.16. The molecule has 0 aromatic rings. The van der Waals surface area contributed by atoms with E-state index in [1.807, 2.05) is 0 Å². The van der Waals surface area contributed by atoms with Crippen LogP contribution < -0.4 is 5.32 Å². The van der Waals surface area contributed by atoms with Gasteiger partial charge in [0.15, 0.2) is 0 Å². The fourth-order valence-corrected chi connectivity index (χ4v) is 2.05. The van der Waals surface area contributed by atoms with E-state index in [1.54, 1.807) is 4.90 Å². The Balaban J connectivity index is 2.28. The van der Waals surface area contributed by atoms with Gasteiger partial charge in [-0.05, 0) is 19.3 Å². The highest BCUT2D eigenvalue weighted by molar-refractivity contribution is 5.76. The molecule has 0 aliphatic carbocycles. The van der Waals surface area contributed by atoms with Gasteiger partial charge in [0.05, 0.1) is 5.92 Å². The van der Waals surface area contributed by atoms with Crippen molar-refractivity contribution in [1.82, 2.24) is 10.2 Å². The molecule has 1 aliphatic rings. The first-order chi connectivity index (χ1) is 8.15. The lowest BCUT2D eigenvalue weighted by Crippen LogP contribution is -2.47. The van der Waals surface area contributed by atoms with Gasteiger partial charge in [-0.3, -0.25) is 4.79 Å². The Morgan fingerprint density at radius 1 is 1.41 bits per heavy atom. The van der Waals surface area contributed by atoms with Gasteiger partial charge in [-0.1, -0.05) is 19.8 Å². The highest BCUT2D eigenvalue weighted by atomic mass is 16.4. The zero-order valence-electron chi connectivity index (χ0n) is 10.4. The van der Waals surface area contributed by atoms with E-state index < -0.39 is 11.9 Å². The zero-order chi connectivity index (χ0) is 12.7. The SMILES string of the molecule is CCCCCNC(=O)N1CCC[C@@H](C(=O)O)C1. The second kappa shape index (κ2) is 7.14. The van der Waals surface area contributed by atoms with Crippen LogP contribution >= 0.6 is 0 Å². The van der Waals surface area contributed by atoms with Crippen LogP contribution in [-0.4, -0.2) is 41.6 Å². The Morgan fingerprint density at radius 3 is 2.82 bits per heavy atom. The number of nitrogens with one attached hydrogen (secondary N) is 1. The van der Waals surface area contributed by atoms with E-state index in [2.05, 4.69) is 12.2 Å².